The maximum absolute atomic E-state index is 13.1. The molecule has 0 aromatic heterocycles. The summed E-state index contributed by atoms with van der Waals surface area (Å²) in [5.74, 6) is -0.528. The Labute approximate surface area is 178 Å². The molecule has 1 saturated carbocycles. The van der Waals surface area contributed by atoms with Gasteiger partial charge in [-0.15, -0.1) is 0 Å². The lowest BCUT2D eigenvalue weighted by molar-refractivity contribution is -0.132. The molecule has 0 spiro atoms. The van der Waals surface area contributed by atoms with Gasteiger partial charge in [-0.1, -0.05) is 37.1 Å². The fourth-order valence-electron chi connectivity index (χ4n) is 4.04. The predicted octanol–water partition coefficient (Wildman–Crippen LogP) is 2.91. The van der Waals surface area contributed by atoms with E-state index in [1.54, 1.807) is 27.7 Å². The molecular weight excluding hydrogens is 382 g/mol. The second-order valence-electron chi connectivity index (χ2n) is 9.32. The Morgan fingerprint density at radius 3 is 2.37 bits per heavy atom. The van der Waals surface area contributed by atoms with E-state index >= 15 is 0 Å². The zero-order valence-electron chi connectivity index (χ0n) is 18.4. The highest BCUT2D eigenvalue weighted by Gasteiger charge is 2.37. The normalized spacial score (nSPS) is 20.3. The third kappa shape index (κ3) is 5.52. The van der Waals surface area contributed by atoms with E-state index in [9.17, 15) is 14.4 Å². The van der Waals surface area contributed by atoms with Gasteiger partial charge in [0.05, 0.1) is 6.54 Å². The van der Waals surface area contributed by atoms with E-state index in [1.807, 2.05) is 24.3 Å². The number of carbonyl (C=O) groups is 3. The zero-order valence-corrected chi connectivity index (χ0v) is 18.4. The van der Waals surface area contributed by atoms with Crippen LogP contribution in [0.5, 0.6) is 0 Å². The molecular formula is C23H33N3O4. The second kappa shape index (κ2) is 9.06. The second-order valence-corrected chi connectivity index (χ2v) is 9.32. The molecule has 1 heterocycles. The number of nitrogens with zero attached hydrogens (tertiary/aromatic N) is 1. The average molecular weight is 416 g/mol. The average Bonchev–Trinajstić information content (AvgIpc) is 3.18. The van der Waals surface area contributed by atoms with Crippen molar-refractivity contribution in [3.63, 3.8) is 0 Å². The molecule has 2 atom stereocenters. The topological polar surface area (TPSA) is 87.7 Å². The van der Waals surface area contributed by atoms with E-state index in [1.165, 1.54) is 4.90 Å². The van der Waals surface area contributed by atoms with Crippen LogP contribution in [0.3, 0.4) is 0 Å². The van der Waals surface area contributed by atoms with Gasteiger partial charge in [0.2, 0.25) is 11.8 Å². The van der Waals surface area contributed by atoms with Crippen LogP contribution < -0.4 is 10.6 Å². The van der Waals surface area contributed by atoms with Crippen molar-refractivity contribution in [1.82, 2.24) is 15.5 Å². The van der Waals surface area contributed by atoms with E-state index in [2.05, 4.69) is 10.6 Å². The molecule has 1 aliphatic carbocycles. The van der Waals surface area contributed by atoms with Crippen molar-refractivity contribution in [2.24, 2.45) is 0 Å². The van der Waals surface area contributed by atoms with Crippen molar-refractivity contribution in [3.05, 3.63) is 35.4 Å². The van der Waals surface area contributed by atoms with Crippen LogP contribution in [-0.4, -0.2) is 46.5 Å². The van der Waals surface area contributed by atoms with Crippen LogP contribution in [0.15, 0.2) is 24.3 Å². The molecule has 0 radical (unpaired) electrons. The van der Waals surface area contributed by atoms with Crippen LogP contribution in [0.4, 0.5) is 4.79 Å². The highest BCUT2D eigenvalue weighted by molar-refractivity contribution is 5.91. The fourth-order valence-corrected chi connectivity index (χ4v) is 4.04. The van der Waals surface area contributed by atoms with Crippen molar-refractivity contribution in [2.45, 2.75) is 90.1 Å². The summed E-state index contributed by atoms with van der Waals surface area (Å²) in [5.41, 5.74) is 1.36. The molecule has 2 aliphatic rings. The molecule has 3 rings (SSSR count). The van der Waals surface area contributed by atoms with E-state index in [-0.39, 0.29) is 17.9 Å². The van der Waals surface area contributed by atoms with Gasteiger partial charge in [-0.3, -0.25) is 14.5 Å². The minimum atomic E-state index is -0.725. The Morgan fingerprint density at radius 2 is 1.73 bits per heavy atom. The van der Waals surface area contributed by atoms with Crippen LogP contribution in [0.1, 0.15) is 64.5 Å². The highest BCUT2D eigenvalue weighted by atomic mass is 16.6. The number of amides is 3. The van der Waals surface area contributed by atoms with Crippen LogP contribution in [0.2, 0.25) is 0 Å². The number of nitrogens with one attached hydrogen (secondary N) is 2. The van der Waals surface area contributed by atoms with Crippen LogP contribution in [0.25, 0.3) is 0 Å². The van der Waals surface area contributed by atoms with E-state index in [0.29, 0.717) is 13.0 Å². The lowest BCUT2D eigenvalue weighted by Gasteiger charge is -2.37. The number of ether oxygens (including phenoxy) is 1. The zero-order chi connectivity index (χ0) is 21.9. The van der Waals surface area contributed by atoms with Crippen LogP contribution >= 0.6 is 0 Å². The monoisotopic (exact) mass is 415 g/mol. The van der Waals surface area contributed by atoms with Gasteiger partial charge in [0.15, 0.2) is 0 Å². The van der Waals surface area contributed by atoms with Gasteiger partial charge in [-0.25, -0.2) is 4.79 Å². The number of rotatable bonds is 4. The minimum Gasteiger partial charge on any atom is -0.444 e. The van der Waals surface area contributed by atoms with Crippen molar-refractivity contribution < 1.29 is 19.1 Å². The number of hydrogen-bond donors (Lipinski definition) is 2. The molecule has 164 valence electrons. The van der Waals surface area contributed by atoms with Crippen LogP contribution in [0, 0.1) is 0 Å². The summed E-state index contributed by atoms with van der Waals surface area (Å²) < 4.78 is 5.54. The van der Waals surface area contributed by atoms with Crippen molar-refractivity contribution in [2.75, 3.05) is 0 Å². The highest BCUT2D eigenvalue weighted by Crippen LogP contribution is 2.25. The van der Waals surface area contributed by atoms with Crippen molar-refractivity contribution >= 4 is 17.9 Å². The first-order chi connectivity index (χ1) is 14.1. The molecule has 7 nitrogen and oxygen atoms in total. The molecule has 1 aromatic rings. The van der Waals surface area contributed by atoms with Gasteiger partial charge < -0.3 is 15.4 Å². The Morgan fingerprint density at radius 1 is 1.10 bits per heavy atom. The smallest absolute Gasteiger partial charge is 0.411 e. The fraction of sp³-hybridized carbons (Fsp3) is 0.609. The molecule has 7 heteroatoms. The summed E-state index contributed by atoms with van der Waals surface area (Å²) in [6, 6.07) is 6.57. The molecule has 0 bridgehead atoms. The van der Waals surface area contributed by atoms with E-state index in [4.69, 9.17) is 4.74 Å². The van der Waals surface area contributed by atoms with Crippen molar-refractivity contribution in [1.29, 1.82) is 0 Å². The Balaban J connectivity index is 1.71. The van der Waals surface area contributed by atoms with Gasteiger partial charge in [0.25, 0.3) is 0 Å². The first-order valence-corrected chi connectivity index (χ1v) is 10.8. The summed E-state index contributed by atoms with van der Waals surface area (Å²) in [6.45, 7) is 7.37. The van der Waals surface area contributed by atoms with E-state index in [0.717, 1.165) is 36.8 Å². The van der Waals surface area contributed by atoms with Gasteiger partial charge >= 0.3 is 6.09 Å². The van der Waals surface area contributed by atoms with Gasteiger partial charge in [0.1, 0.15) is 17.7 Å². The maximum atomic E-state index is 13.1. The molecule has 1 aliphatic heterocycles. The maximum Gasteiger partial charge on any atom is 0.411 e. The summed E-state index contributed by atoms with van der Waals surface area (Å²) >= 11 is 0. The largest absolute Gasteiger partial charge is 0.444 e. The molecule has 2 N–H and O–H groups in total. The predicted molar refractivity (Wildman–Crippen MR) is 114 cm³/mol. The summed E-state index contributed by atoms with van der Waals surface area (Å²) in [4.78, 5) is 39.9. The lowest BCUT2D eigenvalue weighted by Crippen LogP contribution is -2.57. The summed E-state index contributed by atoms with van der Waals surface area (Å²) in [6.07, 6.45) is 4.07. The Kier molecular flexibility index (Phi) is 6.68. The number of hydrogen-bond acceptors (Lipinski definition) is 4. The van der Waals surface area contributed by atoms with Gasteiger partial charge in [-0.2, -0.15) is 0 Å². The lowest BCUT2D eigenvalue weighted by atomic mass is 9.93. The molecule has 30 heavy (non-hydrogen) atoms. The quantitative estimate of drug-likeness (QED) is 0.792. The van der Waals surface area contributed by atoms with Gasteiger partial charge in [0, 0.05) is 12.5 Å². The summed E-state index contributed by atoms with van der Waals surface area (Å²) in [5, 5.41) is 5.81. The molecule has 1 aromatic carbocycles. The molecule has 0 saturated heterocycles. The SMILES string of the molecule is C[C@@H](NC(=O)[C@@H]1Cc2ccccc2CN1C(=O)OC(C)(C)C)C(=O)NC1CCCC1. The molecule has 0 unspecified atom stereocenters. The Hall–Kier alpha value is -2.57. The third-order valence-electron chi connectivity index (χ3n) is 5.63. The number of fused-ring (bicyclic) bond motifs is 1. The number of benzene rings is 1. The van der Waals surface area contributed by atoms with Crippen molar-refractivity contribution in [3.8, 4) is 0 Å². The third-order valence-corrected chi connectivity index (χ3v) is 5.63. The standard InChI is InChI=1S/C23H33N3O4/c1-15(20(27)25-18-11-7-8-12-18)24-21(28)19-13-16-9-5-6-10-17(16)14-26(19)22(29)30-23(2,3)4/h5-6,9-10,15,18-19H,7-8,11-14H2,1-4H3,(H,24,28)(H,25,27)/t15-,19+/m1/s1. The molecule has 3 amide bonds. The minimum absolute atomic E-state index is 0.185. The number of carbonyl (C=O) groups excluding carboxylic acids is 3. The van der Waals surface area contributed by atoms with Gasteiger partial charge in [-0.05, 0) is 51.7 Å². The molecule has 1 fully saturated rings. The van der Waals surface area contributed by atoms with Crippen LogP contribution in [-0.2, 0) is 27.3 Å². The Bertz CT molecular complexity index is 796. The first kappa shape index (κ1) is 22.1. The van der Waals surface area contributed by atoms with E-state index < -0.39 is 23.8 Å². The summed E-state index contributed by atoms with van der Waals surface area (Å²) in [7, 11) is 0. The first-order valence-electron chi connectivity index (χ1n) is 10.8.